The lowest BCUT2D eigenvalue weighted by molar-refractivity contribution is -0.135. The summed E-state index contributed by atoms with van der Waals surface area (Å²) in [6.07, 6.45) is 1.52. The average molecular weight is 472 g/mol. The molecule has 0 spiro atoms. The van der Waals surface area contributed by atoms with Crippen molar-refractivity contribution in [1.29, 1.82) is 0 Å². The highest BCUT2D eigenvalue weighted by Gasteiger charge is 2.24. The fraction of sp³-hybridized carbons (Fsp3) is 0.273. The van der Waals surface area contributed by atoms with Crippen molar-refractivity contribution in [3.8, 4) is 11.5 Å². The van der Waals surface area contributed by atoms with Crippen molar-refractivity contribution in [2.45, 2.75) is 13.0 Å². The molecule has 8 heteroatoms. The van der Waals surface area contributed by atoms with Crippen LogP contribution in [0.25, 0.3) is 10.9 Å². The summed E-state index contributed by atoms with van der Waals surface area (Å²) < 4.78 is 11.2. The number of H-pyrrole nitrogens is 1. The van der Waals surface area contributed by atoms with E-state index in [2.05, 4.69) is 33.0 Å². The monoisotopic (exact) mass is 471 g/mol. The highest BCUT2D eigenvalue weighted by Crippen LogP contribution is 2.30. The number of halogens is 1. The van der Waals surface area contributed by atoms with Crippen molar-refractivity contribution in [2.75, 3.05) is 26.9 Å². The van der Waals surface area contributed by atoms with Gasteiger partial charge in [-0.25, -0.2) is 0 Å². The normalized spacial score (nSPS) is 14.0. The number of amides is 2. The second kappa shape index (κ2) is 8.79. The first kappa shape index (κ1) is 20.3. The van der Waals surface area contributed by atoms with Crippen molar-refractivity contribution in [3.05, 3.63) is 58.2 Å². The Labute approximate surface area is 182 Å². The first-order chi connectivity index (χ1) is 14.5. The number of nitrogens with one attached hydrogen (secondary N) is 1. The molecule has 0 unspecified atom stereocenters. The molecule has 7 nitrogen and oxygen atoms in total. The molecule has 2 aliphatic rings. The number of fused-ring (bicyclic) bond motifs is 4. The lowest BCUT2D eigenvalue weighted by Crippen LogP contribution is -2.41. The predicted molar refractivity (Wildman–Crippen MR) is 116 cm³/mol. The molecule has 3 heterocycles. The van der Waals surface area contributed by atoms with Crippen LogP contribution in [0.15, 0.2) is 46.9 Å². The van der Waals surface area contributed by atoms with E-state index < -0.39 is 0 Å². The van der Waals surface area contributed by atoms with E-state index in [9.17, 15) is 9.59 Å². The molecule has 0 atom stereocenters. The summed E-state index contributed by atoms with van der Waals surface area (Å²) >= 11 is 3.47. The number of benzene rings is 2. The Bertz CT molecular complexity index is 1060. The van der Waals surface area contributed by atoms with Gasteiger partial charge in [0.25, 0.3) is 0 Å². The van der Waals surface area contributed by atoms with Crippen molar-refractivity contribution in [3.63, 3.8) is 0 Å². The number of carbonyl (C=O) groups is 2. The first-order valence-corrected chi connectivity index (χ1v) is 10.4. The molecule has 0 aliphatic carbocycles. The molecule has 1 aromatic heterocycles. The minimum Gasteiger partial charge on any atom is -0.454 e. The Morgan fingerprint density at radius 2 is 1.97 bits per heavy atom. The van der Waals surface area contributed by atoms with Crippen LogP contribution >= 0.6 is 15.9 Å². The molecular weight excluding hydrogens is 450 g/mol. The number of carbonyl (C=O) groups excluding carboxylic acids is 2. The molecule has 0 bridgehead atoms. The Hall–Kier alpha value is -3.00. The van der Waals surface area contributed by atoms with E-state index in [1.807, 2.05) is 30.3 Å². The molecular formula is C22H22BrN3O4. The van der Waals surface area contributed by atoms with Crippen LogP contribution in [0.1, 0.15) is 11.3 Å². The van der Waals surface area contributed by atoms with Crippen molar-refractivity contribution < 1.29 is 19.1 Å². The zero-order valence-corrected chi connectivity index (χ0v) is 18.1. The molecule has 30 heavy (non-hydrogen) atoms. The second-order valence-electron chi connectivity index (χ2n) is 7.21. The van der Waals surface area contributed by atoms with E-state index in [1.54, 1.807) is 11.9 Å². The number of para-hydroxylation sites is 2. The van der Waals surface area contributed by atoms with Crippen molar-refractivity contribution in [1.82, 2.24) is 14.8 Å². The molecule has 0 radical (unpaired) electrons. The summed E-state index contributed by atoms with van der Waals surface area (Å²) in [5.41, 5.74) is 3.48. The van der Waals surface area contributed by atoms with Crippen LogP contribution in [0.4, 0.5) is 0 Å². The van der Waals surface area contributed by atoms with Crippen LogP contribution in [0, 0.1) is 0 Å². The van der Waals surface area contributed by atoms with Crippen molar-refractivity contribution in [2.24, 2.45) is 0 Å². The fourth-order valence-corrected chi connectivity index (χ4v) is 3.99. The number of ether oxygens (including phenoxy) is 2. The van der Waals surface area contributed by atoms with Gasteiger partial charge in [-0.3, -0.25) is 9.59 Å². The molecule has 3 aromatic rings. The summed E-state index contributed by atoms with van der Waals surface area (Å²) in [6, 6.07) is 13.8. The van der Waals surface area contributed by atoms with E-state index in [1.165, 1.54) is 15.8 Å². The zero-order chi connectivity index (χ0) is 21.1. The maximum absolute atomic E-state index is 12.2. The lowest BCUT2D eigenvalue weighted by Gasteiger charge is -2.28. The standard InChI is InChI=1S/C15H16BrN3O2.C7H6O2/c1-18(9-20)8-15(21)19-5-4-12-11-3-2-10(16)6-13(11)17-14(12)7-19;1-2-4-7-6(3-1)8-5-9-7/h2-3,6,9,17H,4-5,7-8H2,1H3;1-4H,5H2. The van der Waals surface area contributed by atoms with E-state index >= 15 is 0 Å². The Kier molecular flexibility index (Phi) is 5.94. The van der Waals surface area contributed by atoms with Crippen LogP contribution in [-0.2, 0) is 22.6 Å². The van der Waals surface area contributed by atoms with E-state index in [0.717, 1.165) is 33.6 Å². The number of aromatic nitrogens is 1. The molecule has 0 saturated heterocycles. The number of likely N-dealkylation sites (N-methyl/N-ethyl adjacent to an activating group) is 1. The van der Waals surface area contributed by atoms with Gasteiger partial charge in [-0.1, -0.05) is 34.1 Å². The third kappa shape index (κ3) is 4.28. The average Bonchev–Trinajstić information content (AvgIpc) is 3.37. The summed E-state index contributed by atoms with van der Waals surface area (Å²) in [5, 5.41) is 1.23. The van der Waals surface area contributed by atoms with Gasteiger partial charge in [0.1, 0.15) is 0 Å². The summed E-state index contributed by atoms with van der Waals surface area (Å²) in [7, 11) is 1.61. The van der Waals surface area contributed by atoms with Crippen LogP contribution in [0.3, 0.4) is 0 Å². The third-order valence-electron chi connectivity index (χ3n) is 5.13. The van der Waals surface area contributed by atoms with Gasteiger partial charge in [0.2, 0.25) is 19.1 Å². The van der Waals surface area contributed by atoms with Gasteiger partial charge >= 0.3 is 0 Å². The van der Waals surface area contributed by atoms with Gasteiger partial charge in [0.15, 0.2) is 11.5 Å². The first-order valence-electron chi connectivity index (χ1n) is 9.62. The summed E-state index contributed by atoms with van der Waals surface area (Å²) in [4.78, 5) is 29.3. The zero-order valence-electron chi connectivity index (χ0n) is 16.6. The van der Waals surface area contributed by atoms with E-state index in [0.29, 0.717) is 26.3 Å². The van der Waals surface area contributed by atoms with Gasteiger partial charge in [-0.05, 0) is 36.2 Å². The summed E-state index contributed by atoms with van der Waals surface area (Å²) in [6.45, 7) is 1.76. The summed E-state index contributed by atoms with van der Waals surface area (Å²) in [5.74, 6) is 1.67. The molecule has 1 N–H and O–H groups in total. The topological polar surface area (TPSA) is 74.9 Å². The molecule has 156 valence electrons. The SMILES string of the molecule is CN(C=O)CC(=O)N1CCc2c([nH]c3cc(Br)ccc23)C1.c1ccc2c(c1)OCO2. The predicted octanol–water partition coefficient (Wildman–Crippen LogP) is 3.32. The van der Waals surface area contributed by atoms with E-state index in [4.69, 9.17) is 9.47 Å². The van der Waals surface area contributed by atoms with Gasteiger partial charge in [0.05, 0.1) is 13.1 Å². The maximum Gasteiger partial charge on any atom is 0.242 e. The van der Waals surface area contributed by atoms with Gasteiger partial charge in [0, 0.05) is 34.7 Å². The second-order valence-corrected chi connectivity index (χ2v) is 8.13. The number of aromatic amines is 1. The highest BCUT2D eigenvalue weighted by molar-refractivity contribution is 9.10. The van der Waals surface area contributed by atoms with E-state index in [-0.39, 0.29) is 12.5 Å². The Morgan fingerprint density at radius 1 is 1.23 bits per heavy atom. The number of hydrogen-bond donors (Lipinski definition) is 1. The van der Waals surface area contributed by atoms with Crippen LogP contribution in [-0.4, -0.2) is 54.0 Å². The van der Waals surface area contributed by atoms with Gasteiger partial charge < -0.3 is 24.3 Å². The molecule has 2 amide bonds. The Balaban J connectivity index is 0.000000200. The van der Waals surface area contributed by atoms with Gasteiger partial charge in [-0.15, -0.1) is 0 Å². The largest absolute Gasteiger partial charge is 0.454 e. The maximum atomic E-state index is 12.2. The molecule has 0 fully saturated rings. The van der Waals surface area contributed by atoms with Crippen LogP contribution in [0.5, 0.6) is 11.5 Å². The third-order valence-corrected chi connectivity index (χ3v) is 5.63. The molecule has 0 saturated carbocycles. The van der Waals surface area contributed by atoms with Gasteiger partial charge in [-0.2, -0.15) is 0 Å². The minimum atomic E-state index is -0.0184. The number of nitrogens with zero attached hydrogens (tertiary/aromatic N) is 2. The number of hydrogen-bond acceptors (Lipinski definition) is 4. The fourth-order valence-electron chi connectivity index (χ4n) is 3.63. The molecule has 5 rings (SSSR count). The van der Waals surface area contributed by atoms with Crippen LogP contribution < -0.4 is 9.47 Å². The molecule has 2 aromatic carbocycles. The highest BCUT2D eigenvalue weighted by atomic mass is 79.9. The quantitative estimate of drug-likeness (QED) is 0.594. The van der Waals surface area contributed by atoms with Crippen molar-refractivity contribution >= 4 is 39.2 Å². The number of rotatable bonds is 3. The molecule has 2 aliphatic heterocycles. The lowest BCUT2D eigenvalue weighted by atomic mass is 10.0. The minimum absolute atomic E-state index is 0.0184. The smallest absolute Gasteiger partial charge is 0.242 e. The van der Waals surface area contributed by atoms with Crippen LogP contribution in [0.2, 0.25) is 0 Å². The Morgan fingerprint density at radius 3 is 2.67 bits per heavy atom.